The Morgan fingerprint density at radius 3 is 1.19 bits per heavy atom. The topological polar surface area (TPSA) is 122 Å². The van der Waals surface area contributed by atoms with Crippen molar-refractivity contribution in [1.29, 1.82) is 0 Å². The first-order valence-electron chi connectivity index (χ1n) is 29.5. The molecule has 1 rings (SSSR count). The predicted octanol–water partition coefficient (Wildman–Crippen LogP) is 17.4. The lowest BCUT2D eigenvalue weighted by Crippen LogP contribution is -2.30. The van der Waals surface area contributed by atoms with Gasteiger partial charge in [-0.3, -0.25) is 24.0 Å². The van der Waals surface area contributed by atoms with Crippen LogP contribution in [-0.4, -0.2) is 49.2 Å². The summed E-state index contributed by atoms with van der Waals surface area (Å²) in [6.45, 7) is 6.45. The third-order valence-corrected chi connectivity index (χ3v) is 13.6. The highest BCUT2D eigenvalue weighted by Crippen LogP contribution is 2.30. The van der Waals surface area contributed by atoms with Crippen molar-refractivity contribution in [3.63, 3.8) is 0 Å². The third-order valence-electron chi connectivity index (χ3n) is 13.6. The van der Waals surface area contributed by atoms with Crippen molar-refractivity contribution >= 4 is 29.8 Å². The number of unbranched alkanes of at least 4 members (excludes halogenated alkanes) is 31. The van der Waals surface area contributed by atoms with Crippen LogP contribution >= 0.6 is 0 Å². The molecule has 0 aromatic carbocycles. The van der Waals surface area contributed by atoms with E-state index in [1.54, 1.807) is 0 Å². The van der Waals surface area contributed by atoms with E-state index in [9.17, 15) is 24.0 Å². The molecule has 0 bridgehead atoms. The van der Waals surface area contributed by atoms with Crippen molar-refractivity contribution in [3.8, 4) is 0 Å². The van der Waals surface area contributed by atoms with Gasteiger partial charge in [0.25, 0.3) is 0 Å². The van der Waals surface area contributed by atoms with E-state index in [0.29, 0.717) is 12.8 Å². The highest BCUT2D eigenvalue weighted by atomic mass is 16.6. The minimum atomic E-state index is -0.840. The Hall–Kier alpha value is -3.23. The van der Waals surface area contributed by atoms with E-state index >= 15 is 0 Å². The van der Waals surface area contributed by atoms with Crippen LogP contribution in [0, 0.1) is 11.8 Å². The Morgan fingerprint density at radius 2 is 0.800 bits per heavy atom. The molecular formula is C61H106O9. The van der Waals surface area contributed by atoms with Crippen molar-refractivity contribution in [3.05, 3.63) is 36.5 Å². The van der Waals surface area contributed by atoms with Gasteiger partial charge < -0.3 is 18.9 Å². The maximum absolute atomic E-state index is 12.9. The molecule has 0 aliphatic carbocycles. The molecule has 0 aromatic rings. The number of cyclic esters (lactones) is 2. The standard InChI is InChI=1S/C61H106O9/c1-4-7-10-13-16-18-20-22-24-26-28-30-33-38-43-48-57(62)67-52-55(69-59(64)50-45-39-34-31-29-27-25-23-21-19-17-14-11-8-5-2)53-68-58(63)49-44-40-35-37-42-47-54(56-51-60(65)70-61(56)66)46-41-36-32-15-12-9-6-3/h22-25,41,46,54-56H,4-21,26-40,42-45,47-53H2,1-3H3/b24-22-,25-23-,46-41+. The highest BCUT2D eigenvalue weighted by Gasteiger charge is 2.37. The number of carbonyl (C=O) groups excluding carboxylic acids is 5. The van der Waals surface area contributed by atoms with Gasteiger partial charge in [0.15, 0.2) is 6.10 Å². The molecule has 3 atom stereocenters. The normalized spacial score (nSPS) is 14.8. The average Bonchev–Trinajstić information content (AvgIpc) is 3.69. The molecular weight excluding hydrogens is 877 g/mol. The molecule has 1 aliphatic heterocycles. The molecule has 0 radical (unpaired) electrons. The summed E-state index contributed by atoms with van der Waals surface area (Å²) in [5, 5.41) is 0. The van der Waals surface area contributed by atoms with Gasteiger partial charge in [-0.1, -0.05) is 211 Å². The molecule has 0 amide bonds. The summed E-state index contributed by atoms with van der Waals surface area (Å²) in [4.78, 5) is 62.6. The van der Waals surface area contributed by atoms with E-state index in [4.69, 9.17) is 18.9 Å². The molecule has 3 unspecified atom stereocenters. The quantitative estimate of drug-likeness (QED) is 0.0193. The lowest BCUT2D eigenvalue weighted by Gasteiger charge is -2.18. The largest absolute Gasteiger partial charge is 0.462 e. The maximum Gasteiger partial charge on any atom is 0.317 e. The second-order valence-corrected chi connectivity index (χ2v) is 20.4. The fourth-order valence-corrected chi connectivity index (χ4v) is 9.12. The minimum Gasteiger partial charge on any atom is -0.462 e. The summed E-state index contributed by atoms with van der Waals surface area (Å²) in [5.74, 6) is -2.26. The first-order chi connectivity index (χ1) is 34.3. The van der Waals surface area contributed by atoms with Gasteiger partial charge in [0, 0.05) is 19.3 Å². The Kier molecular flexibility index (Phi) is 45.7. The second-order valence-electron chi connectivity index (χ2n) is 20.4. The van der Waals surface area contributed by atoms with Crippen LogP contribution in [0.2, 0.25) is 0 Å². The third kappa shape index (κ3) is 41.4. The zero-order valence-corrected chi connectivity index (χ0v) is 45.5. The number of carbonyl (C=O) groups is 5. The smallest absolute Gasteiger partial charge is 0.317 e. The van der Waals surface area contributed by atoms with Crippen LogP contribution in [0.25, 0.3) is 0 Å². The first-order valence-corrected chi connectivity index (χ1v) is 29.5. The van der Waals surface area contributed by atoms with Gasteiger partial charge in [0.2, 0.25) is 0 Å². The van der Waals surface area contributed by atoms with Crippen LogP contribution < -0.4 is 0 Å². The van der Waals surface area contributed by atoms with E-state index < -0.39 is 24.0 Å². The molecule has 0 N–H and O–H groups in total. The second kappa shape index (κ2) is 49.4. The molecule has 1 aliphatic rings. The van der Waals surface area contributed by atoms with Crippen LogP contribution in [0.5, 0.6) is 0 Å². The van der Waals surface area contributed by atoms with Crippen molar-refractivity contribution in [2.45, 2.75) is 297 Å². The number of esters is 5. The highest BCUT2D eigenvalue weighted by molar-refractivity contribution is 5.94. The van der Waals surface area contributed by atoms with Crippen molar-refractivity contribution in [1.82, 2.24) is 0 Å². The van der Waals surface area contributed by atoms with Gasteiger partial charge in [-0.05, 0) is 95.8 Å². The van der Waals surface area contributed by atoms with E-state index in [0.717, 1.165) is 116 Å². The Labute approximate surface area is 429 Å². The summed E-state index contributed by atoms with van der Waals surface area (Å²) in [5.41, 5.74) is 0. The van der Waals surface area contributed by atoms with Gasteiger partial charge in [-0.25, -0.2) is 0 Å². The van der Waals surface area contributed by atoms with E-state index in [-0.39, 0.29) is 56.3 Å². The van der Waals surface area contributed by atoms with Crippen molar-refractivity contribution < 1.29 is 42.9 Å². The molecule has 1 saturated heterocycles. The fourth-order valence-electron chi connectivity index (χ4n) is 9.12. The van der Waals surface area contributed by atoms with Gasteiger partial charge in [0.05, 0.1) is 12.3 Å². The summed E-state index contributed by atoms with van der Waals surface area (Å²) >= 11 is 0. The average molecular weight is 984 g/mol. The van der Waals surface area contributed by atoms with Crippen molar-refractivity contribution in [2.24, 2.45) is 11.8 Å². The first kappa shape index (κ1) is 64.8. The van der Waals surface area contributed by atoms with Crippen LogP contribution in [0.3, 0.4) is 0 Å². The van der Waals surface area contributed by atoms with Crippen LogP contribution in [-0.2, 0) is 42.9 Å². The summed E-state index contributed by atoms with van der Waals surface area (Å²) in [6, 6.07) is 0. The zero-order valence-electron chi connectivity index (χ0n) is 45.5. The molecule has 404 valence electrons. The van der Waals surface area contributed by atoms with Crippen LogP contribution in [0.1, 0.15) is 290 Å². The SMILES string of the molecule is CCCCCCC/C=C/C(CCCCCCCC(=O)OCC(COC(=O)CCCCCCC/C=C\CCCCCCCC)OC(=O)CCCCCCC/C=C\CCCCCCCC)C1CC(=O)OC1=O. The molecule has 0 spiro atoms. The van der Waals surface area contributed by atoms with Gasteiger partial charge in [0.1, 0.15) is 13.2 Å². The molecule has 9 heteroatoms. The number of allylic oxidation sites excluding steroid dienone is 6. The van der Waals surface area contributed by atoms with Gasteiger partial charge in [-0.2, -0.15) is 0 Å². The monoisotopic (exact) mass is 983 g/mol. The molecule has 1 heterocycles. The molecule has 70 heavy (non-hydrogen) atoms. The molecule has 9 nitrogen and oxygen atoms in total. The van der Waals surface area contributed by atoms with Crippen LogP contribution in [0.15, 0.2) is 36.5 Å². The van der Waals surface area contributed by atoms with Crippen molar-refractivity contribution in [2.75, 3.05) is 13.2 Å². The summed E-state index contributed by atoms with van der Waals surface area (Å²) in [7, 11) is 0. The predicted molar refractivity (Wildman–Crippen MR) is 288 cm³/mol. The van der Waals surface area contributed by atoms with E-state index in [1.807, 2.05) is 0 Å². The fraction of sp³-hybridized carbons (Fsp3) is 0.820. The number of rotatable bonds is 51. The summed E-state index contributed by atoms with van der Waals surface area (Å²) < 4.78 is 21.7. The van der Waals surface area contributed by atoms with E-state index in [2.05, 4.69) is 57.2 Å². The van der Waals surface area contributed by atoms with Gasteiger partial charge >= 0.3 is 29.8 Å². The summed E-state index contributed by atoms with van der Waals surface area (Å²) in [6.07, 6.45) is 56.8. The molecule has 0 saturated carbocycles. The Bertz CT molecular complexity index is 1370. The number of hydrogen-bond donors (Lipinski definition) is 0. The lowest BCUT2D eigenvalue weighted by molar-refractivity contribution is -0.167. The Balaban J connectivity index is 2.44. The number of ether oxygens (including phenoxy) is 4. The maximum atomic E-state index is 12.9. The number of hydrogen-bond acceptors (Lipinski definition) is 9. The minimum absolute atomic E-state index is 0.000203. The Morgan fingerprint density at radius 1 is 0.457 bits per heavy atom. The zero-order chi connectivity index (χ0) is 50.8. The molecule has 0 aromatic heterocycles. The van der Waals surface area contributed by atoms with Gasteiger partial charge in [-0.15, -0.1) is 0 Å². The van der Waals surface area contributed by atoms with Crippen LogP contribution in [0.4, 0.5) is 0 Å². The molecule has 1 fully saturated rings. The van der Waals surface area contributed by atoms with E-state index in [1.165, 1.54) is 122 Å². The lowest BCUT2D eigenvalue weighted by atomic mass is 9.86.